The molecule has 1 unspecified atom stereocenters. The molecule has 1 atom stereocenters. The molecule has 0 radical (unpaired) electrons. The first-order valence-corrected chi connectivity index (χ1v) is 11.5. The molecular formula is C26H27F3N2O6. The molecule has 198 valence electrons. The number of rotatable bonds is 9. The fraction of sp³-hybridized carbons (Fsp3) is 0.346. The number of methoxy groups -OCH3 is 1. The number of benzene rings is 2. The van der Waals surface area contributed by atoms with Gasteiger partial charge in [-0.25, -0.2) is 14.2 Å². The van der Waals surface area contributed by atoms with Crippen molar-refractivity contribution in [3.63, 3.8) is 0 Å². The first-order chi connectivity index (χ1) is 17.5. The summed E-state index contributed by atoms with van der Waals surface area (Å²) in [6, 6.07) is 11.8. The third-order valence-electron chi connectivity index (χ3n) is 5.67. The van der Waals surface area contributed by atoms with Gasteiger partial charge in [0.25, 0.3) is 5.56 Å². The summed E-state index contributed by atoms with van der Waals surface area (Å²) < 4.78 is 57.2. The summed E-state index contributed by atoms with van der Waals surface area (Å²) in [6.45, 7) is 4.76. The SMILES string of the molecule is CCc1ccc(COc2ccc(-n3c(=O)cc(C(F)(F)F)n(CC)c3=O)cc2)c(OC(C)C(=O)OC)c1. The standard InChI is InChI=1S/C26H27F3N2O6/c1-5-17-7-8-18(21(13-17)37-16(3)24(33)35-4)15-36-20-11-9-19(10-12-20)31-23(32)14-22(26(27,28)29)30(6-2)25(31)34/h7-14,16H,5-6,15H2,1-4H3. The van der Waals surface area contributed by atoms with E-state index in [1.165, 1.54) is 38.3 Å². The Morgan fingerprint density at radius 3 is 2.27 bits per heavy atom. The van der Waals surface area contributed by atoms with Gasteiger partial charge in [-0.15, -0.1) is 0 Å². The minimum Gasteiger partial charge on any atom is -0.489 e. The number of alkyl halides is 3. The van der Waals surface area contributed by atoms with Crippen molar-refractivity contribution in [1.82, 2.24) is 9.13 Å². The average Bonchev–Trinajstić information content (AvgIpc) is 2.87. The molecule has 0 N–H and O–H groups in total. The van der Waals surface area contributed by atoms with E-state index in [0.717, 1.165) is 12.0 Å². The molecule has 0 fully saturated rings. The lowest BCUT2D eigenvalue weighted by Crippen LogP contribution is -2.41. The van der Waals surface area contributed by atoms with Crippen LogP contribution in [0, 0.1) is 0 Å². The summed E-state index contributed by atoms with van der Waals surface area (Å²) in [5.41, 5.74) is -1.71. The highest BCUT2D eigenvalue weighted by atomic mass is 19.4. The van der Waals surface area contributed by atoms with Crippen molar-refractivity contribution in [1.29, 1.82) is 0 Å². The Labute approximate surface area is 210 Å². The average molecular weight is 521 g/mol. The number of carbonyl (C=O) groups excluding carboxylic acids is 1. The summed E-state index contributed by atoms with van der Waals surface area (Å²) in [6.07, 6.45) is -4.91. The second-order valence-electron chi connectivity index (χ2n) is 8.09. The summed E-state index contributed by atoms with van der Waals surface area (Å²) in [5, 5.41) is 0. The van der Waals surface area contributed by atoms with Gasteiger partial charge >= 0.3 is 17.8 Å². The van der Waals surface area contributed by atoms with Gasteiger partial charge in [0.2, 0.25) is 0 Å². The Kier molecular flexibility index (Phi) is 8.46. The molecule has 0 bridgehead atoms. The normalized spacial score (nSPS) is 12.2. The van der Waals surface area contributed by atoms with E-state index in [9.17, 15) is 27.6 Å². The molecule has 0 aliphatic rings. The minimum absolute atomic E-state index is 0.0788. The number of hydrogen-bond acceptors (Lipinski definition) is 6. The molecule has 3 aromatic rings. The van der Waals surface area contributed by atoms with Gasteiger partial charge in [0.15, 0.2) is 6.10 Å². The second kappa shape index (κ2) is 11.4. The van der Waals surface area contributed by atoms with E-state index in [-0.39, 0.29) is 18.8 Å². The van der Waals surface area contributed by atoms with Gasteiger partial charge in [-0.05, 0) is 56.2 Å². The predicted octanol–water partition coefficient (Wildman–Crippen LogP) is 4.12. The number of ether oxygens (including phenoxy) is 3. The monoisotopic (exact) mass is 520 g/mol. The first-order valence-electron chi connectivity index (χ1n) is 11.5. The van der Waals surface area contributed by atoms with E-state index in [0.29, 0.717) is 32.3 Å². The lowest BCUT2D eigenvalue weighted by Gasteiger charge is -2.17. The zero-order valence-corrected chi connectivity index (χ0v) is 20.8. The van der Waals surface area contributed by atoms with Crippen LogP contribution in [0.15, 0.2) is 58.1 Å². The summed E-state index contributed by atoms with van der Waals surface area (Å²) >= 11 is 0. The van der Waals surface area contributed by atoms with Crippen LogP contribution in [0.4, 0.5) is 13.2 Å². The minimum atomic E-state index is -4.84. The summed E-state index contributed by atoms with van der Waals surface area (Å²) in [5.74, 6) is 0.321. The van der Waals surface area contributed by atoms with Gasteiger partial charge < -0.3 is 14.2 Å². The summed E-state index contributed by atoms with van der Waals surface area (Å²) in [7, 11) is 1.27. The van der Waals surface area contributed by atoms with Crippen molar-refractivity contribution in [2.75, 3.05) is 7.11 Å². The number of aromatic nitrogens is 2. The fourth-order valence-corrected chi connectivity index (χ4v) is 3.66. The van der Waals surface area contributed by atoms with Crippen LogP contribution in [0.25, 0.3) is 5.69 Å². The highest BCUT2D eigenvalue weighted by molar-refractivity contribution is 5.74. The van der Waals surface area contributed by atoms with E-state index in [2.05, 4.69) is 0 Å². The molecule has 0 aliphatic heterocycles. The maximum atomic E-state index is 13.2. The van der Waals surface area contributed by atoms with Crippen LogP contribution in [-0.2, 0) is 35.3 Å². The van der Waals surface area contributed by atoms with Gasteiger partial charge in [-0.2, -0.15) is 13.2 Å². The van der Waals surface area contributed by atoms with Gasteiger partial charge in [-0.1, -0.05) is 19.1 Å². The van der Waals surface area contributed by atoms with Crippen molar-refractivity contribution >= 4 is 5.97 Å². The lowest BCUT2D eigenvalue weighted by molar-refractivity contribution is -0.148. The first kappa shape index (κ1) is 27.6. The van der Waals surface area contributed by atoms with Crippen LogP contribution in [0.1, 0.15) is 37.6 Å². The second-order valence-corrected chi connectivity index (χ2v) is 8.09. The highest BCUT2D eigenvalue weighted by Crippen LogP contribution is 2.28. The Bertz CT molecular complexity index is 1380. The highest BCUT2D eigenvalue weighted by Gasteiger charge is 2.35. The molecule has 3 rings (SSSR count). The smallest absolute Gasteiger partial charge is 0.431 e. The maximum absolute atomic E-state index is 13.2. The number of aryl methyl sites for hydroxylation is 1. The molecule has 8 nitrogen and oxygen atoms in total. The molecule has 1 aromatic heterocycles. The van der Waals surface area contributed by atoms with Crippen molar-refractivity contribution in [2.24, 2.45) is 0 Å². The molecular weight excluding hydrogens is 493 g/mol. The Morgan fingerprint density at radius 1 is 1.03 bits per heavy atom. The van der Waals surface area contributed by atoms with Gasteiger partial charge in [0.1, 0.15) is 23.8 Å². The Morgan fingerprint density at radius 2 is 1.70 bits per heavy atom. The molecule has 0 aliphatic carbocycles. The summed E-state index contributed by atoms with van der Waals surface area (Å²) in [4.78, 5) is 36.9. The molecule has 0 spiro atoms. The van der Waals surface area contributed by atoms with Crippen molar-refractivity contribution < 1.29 is 32.2 Å². The zero-order valence-electron chi connectivity index (χ0n) is 20.8. The van der Waals surface area contributed by atoms with E-state index in [1.54, 1.807) is 6.92 Å². The fourth-order valence-electron chi connectivity index (χ4n) is 3.66. The van der Waals surface area contributed by atoms with E-state index < -0.39 is 35.2 Å². The quantitative estimate of drug-likeness (QED) is 0.395. The van der Waals surface area contributed by atoms with E-state index >= 15 is 0 Å². The molecule has 0 saturated carbocycles. The Balaban J connectivity index is 1.85. The van der Waals surface area contributed by atoms with Gasteiger partial charge in [0.05, 0.1) is 12.8 Å². The molecule has 2 aromatic carbocycles. The van der Waals surface area contributed by atoms with Crippen molar-refractivity contribution in [3.05, 3.63) is 86.2 Å². The topological polar surface area (TPSA) is 88.8 Å². The largest absolute Gasteiger partial charge is 0.489 e. The van der Waals surface area contributed by atoms with Crippen LogP contribution in [0.3, 0.4) is 0 Å². The van der Waals surface area contributed by atoms with Crippen LogP contribution in [0.5, 0.6) is 11.5 Å². The maximum Gasteiger partial charge on any atom is 0.431 e. The van der Waals surface area contributed by atoms with Crippen LogP contribution in [-0.4, -0.2) is 28.3 Å². The number of carbonyl (C=O) groups is 1. The molecule has 11 heteroatoms. The molecule has 37 heavy (non-hydrogen) atoms. The van der Waals surface area contributed by atoms with Gasteiger partial charge in [0, 0.05) is 18.2 Å². The molecule has 0 amide bonds. The van der Waals surface area contributed by atoms with Crippen molar-refractivity contribution in [3.8, 4) is 17.2 Å². The number of nitrogens with zero attached hydrogens (tertiary/aromatic N) is 2. The Hall–Kier alpha value is -4.02. The number of halogens is 3. The lowest BCUT2D eigenvalue weighted by atomic mass is 10.1. The van der Waals surface area contributed by atoms with Crippen molar-refractivity contribution in [2.45, 2.75) is 52.6 Å². The van der Waals surface area contributed by atoms with Crippen LogP contribution in [0.2, 0.25) is 0 Å². The van der Waals surface area contributed by atoms with E-state index in [1.807, 2.05) is 25.1 Å². The molecule has 0 saturated heterocycles. The van der Waals surface area contributed by atoms with Crippen LogP contribution < -0.4 is 20.7 Å². The third-order valence-corrected chi connectivity index (χ3v) is 5.67. The number of esters is 1. The zero-order chi connectivity index (χ0) is 27.3. The van der Waals surface area contributed by atoms with Crippen LogP contribution >= 0.6 is 0 Å². The predicted molar refractivity (Wildman–Crippen MR) is 129 cm³/mol. The van der Waals surface area contributed by atoms with E-state index in [4.69, 9.17) is 14.2 Å². The number of hydrogen-bond donors (Lipinski definition) is 0. The molecule has 1 heterocycles. The third kappa shape index (κ3) is 6.22. The van der Waals surface area contributed by atoms with Gasteiger partial charge in [-0.3, -0.25) is 9.36 Å².